The summed E-state index contributed by atoms with van der Waals surface area (Å²) in [5.74, 6) is 2.86. The van der Waals surface area contributed by atoms with Crippen LogP contribution in [0.5, 0.6) is 11.5 Å². The SMILES string of the molecule is CCn1nc(Cn2cncn2)nc1C[C@H](N)c1ccc(OC)c(OC)c1. The van der Waals surface area contributed by atoms with Crippen LogP contribution in [0.3, 0.4) is 0 Å². The summed E-state index contributed by atoms with van der Waals surface area (Å²) in [6, 6.07) is 5.46. The second kappa shape index (κ2) is 7.96. The molecule has 0 amide bonds. The Morgan fingerprint density at radius 1 is 1.19 bits per heavy atom. The first kappa shape index (κ1) is 17.9. The van der Waals surface area contributed by atoms with E-state index in [1.165, 1.54) is 6.33 Å². The molecule has 0 saturated heterocycles. The lowest BCUT2D eigenvalue weighted by atomic mass is 10.0. The minimum absolute atomic E-state index is 0.233. The molecule has 138 valence electrons. The van der Waals surface area contributed by atoms with Crippen LogP contribution in [0.1, 0.15) is 30.2 Å². The second-order valence-electron chi connectivity index (χ2n) is 5.78. The van der Waals surface area contributed by atoms with Gasteiger partial charge in [-0.25, -0.2) is 19.3 Å². The van der Waals surface area contributed by atoms with Gasteiger partial charge in [0.15, 0.2) is 17.3 Å². The van der Waals surface area contributed by atoms with E-state index < -0.39 is 0 Å². The molecule has 3 aromatic rings. The molecule has 1 aromatic carbocycles. The van der Waals surface area contributed by atoms with Crippen LogP contribution in [0.25, 0.3) is 0 Å². The number of methoxy groups -OCH3 is 2. The predicted octanol–water partition coefficient (Wildman–Crippen LogP) is 1.20. The van der Waals surface area contributed by atoms with Crippen molar-refractivity contribution in [2.75, 3.05) is 14.2 Å². The molecule has 0 saturated carbocycles. The molecule has 0 aliphatic rings. The summed E-state index contributed by atoms with van der Waals surface area (Å²) in [4.78, 5) is 8.56. The molecule has 0 unspecified atom stereocenters. The van der Waals surface area contributed by atoms with E-state index in [0.29, 0.717) is 30.3 Å². The van der Waals surface area contributed by atoms with Gasteiger partial charge in [0, 0.05) is 19.0 Å². The van der Waals surface area contributed by atoms with Crippen molar-refractivity contribution in [3.63, 3.8) is 0 Å². The lowest BCUT2D eigenvalue weighted by molar-refractivity contribution is 0.354. The normalized spacial score (nSPS) is 12.2. The first-order chi connectivity index (χ1) is 12.6. The molecule has 1 atom stereocenters. The molecule has 2 N–H and O–H groups in total. The highest BCUT2D eigenvalue weighted by Crippen LogP contribution is 2.30. The maximum Gasteiger partial charge on any atom is 0.172 e. The third-order valence-corrected chi connectivity index (χ3v) is 4.10. The van der Waals surface area contributed by atoms with Crippen LogP contribution in [0.15, 0.2) is 30.9 Å². The Labute approximate surface area is 151 Å². The molecule has 0 fully saturated rings. The molecule has 9 heteroatoms. The molecule has 0 aliphatic carbocycles. The van der Waals surface area contributed by atoms with Crippen molar-refractivity contribution in [1.29, 1.82) is 0 Å². The van der Waals surface area contributed by atoms with Gasteiger partial charge < -0.3 is 15.2 Å². The highest BCUT2D eigenvalue weighted by atomic mass is 16.5. The Hall–Kier alpha value is -2.94. The van der Waals surface area contributed by atoms with Crippen molar-refractivity contribution in [2.24, 2.45) is 5.73 Å². The second-order valence-corrected chi connectivity index (χ2v) is 5.78. The van der Waals surface area contributed by atoms with Crippen molar-refractivity contribution in [3.8, 4) is 11.5 Å². The molecule has 2 heterocycles. The summed E-state index contributed by atoms with van der Waals surface area (Å²) in [6.45, 7) is 3.23. The molecule has 26 heavy (non-hydrogen) atoms. The molecule has 0 spiro atoms. The van der Waals surface area contributed by atoms with E-state index in [4.69, 9.17) is 15.2 Å². The van der Waals surface area contributed by atoms with E-state index >= 15 is 0 Å². The summed E-state index contributed by atoms with van der Waals surface area (Å²) in [5.41, 5.74) is 7.36. The van der Waals surface area contributed by atoms with Crippen molar-refractivity contribution in [2.45, 2.75) is 32.5 Å². The fourth-order valence-electron chi connectivity index (χ4n) is 2.75. The maximum atomic E-state index is 6.41. The van der Waals surface area contributed by atoms with Crippen LogP contribution in [0.2, 0.25) is 0 Å². The molecule has 0 bridgehead atoms. The first-order valence-corrected chi connectivity index (χ1v) is 8.37. The van der Waals surface area contributed by atoms with Gasteiger partial charge in [-0.2, -0.15) is 10.2 Å². The fraction of sp³-hybridized carbons (Fsp3) is 0.412. The van der Waals surface area contributed by atoms with Crippen molar-refractivity contribution in [1.82, 2.24) is 29.5 Å². The number of hydrogen-bond donors (Lipinski definition) is 1. The Kier molecular flexibility index (Phi) is 5.47. The van der Waals surface area contributed by atoms with E-state index in [-0.39, 0.29) is 6.04 Å². The number of nitrogens with zero attached hydrogens (tertiary/aromatic N) is 6. The Morgan fingerprint density at radius 2 is 2.00 bits per heavy atom. The van der Waals surface area contributed by atoms with E-state index in [1.807, 2.05) is 29.8 Å². The number of rotatable bonds is 8. The number of aryl methyl sites for hydroxylation is 1. The van der Waals surface area contributed by atoms with Crippen LogP contribution in [-0.4, -0.2) is 43.7 Å². The topological polar surface area (TPSA) is 106 Å². The monoisotopic (exact) mass is 357 g/mol. The zero-order valence-electron chi connectivity index (χ0n) is 15.2. The molecule has 2 aromatic heterocycles. The molecule has 0 aliphatic heterocycles. The summed E-state index contributed by atoms with van der Waals surface area (Å²) in [6.07, 6.45) is 3.69. The lowest BCUT2D eigenvalue weighted by Gasteiger charge is -2.15. The number of aromatic nitrogens is 6. The predicted molar refractivity (Wildman–Crippen MR) is 95.0 cm³/mol. The third-order valence-electron chi connectivity index (χ3n) is 4.10. The van der Waals surface area contributed by atoms with E-state index in [9.17, 15) is 0 Å². The molecular formula is C17H23N7O2. The van der Waals surface area contributed by atoms with Gasteiger partial charge in [-0.1, -0.05) is 6.07 Å². The number of hydrogen-bond acceptors (Lipinski definition) is 7. The molecule has 3 rings (SSSR count). The van der Waals surface area contributed by atoms with Gasteiger partial charge in [-0.3, -0.25) is 0 Å². The zero-order valence-corrected chi connectivity index (χ0v) is 15.2. The number of ether oxygens (including phenoxy) is 2. The van der Waals surface area contributed by atoms with E-state index in [2.05, 4.69) is 20.2 Å². The van der Waals surface area contributed by atoms with Crippen molar-refractivity contribution < 1.29 is 9.47 Å². The number of nitrogens with two attached hydrogens (primary N) is 1. The zero-order chi connectivity index (χ0) is 18.5. The average molecular weight is 357 g/mol. The van der Waals surface area contributed by atoms with Gasteiger partial charge in [-0.05, 0) is 24.6 Å². The Bertz CT molecular complexity index is 845. The van der Waals surface area contributed by atoms with Gasteiger partial charge in [0.05, 0.1) is 14.2 Å². The van der Waals surface area contributed by atoms with Gasteiger partial charge in [0.25, 0.3) is 0 Å². The van der Waals surface area contributed by atoms with E-state index in [1.54, 1.807) is 25.2 Å². The minimum Gasteiger partial charge on any atom is -0.493 e. The summed E-state index contributed by atoms with van der Waals surface area (Å²) >= 11 is 0. The third kappa shape index (κ3) is 3.83. The highest BCUT2D eigenvalue weighted by Gasteiger charge is 2.16. The highest BCUT2D eigenvalue weighted by molar-refractivity contribution is 5.43. The van der Waals surface area contributed by atoms with Crippen molar-refractivity contribution in [3.05, 3.63) is 48.1 Å². The summed E-state index contributed by atoms with van der Waals surface area (Å²) in [5, 5.41) is 8.61. The molecule has 0 radical (unpaired) electrons. The Balaban J connectivity index is 1.78. The molecule has 9 nitrogen and oxygen atoms in total. The van der Waals surface area contributed by atoms with Crippen LogP contribution < -0.4 is 15.2 Å². The van der Waals surface area contributed by atoms with Gasteiger partial charge in [0.2, 0.25) is 0 Å². The quantitative estimate of drug-likeness (QED) is 0.645. The van der Waals surface area contributed by atoms with Crippen LogP contribution in [-0.2, 0) is 19.5 Å². The Morgan fingerprint density at radius 3 is 2.65 bits per heavy atom. The van der Waals surface area contributed by atoms with Gasteiger partial charge in [-0.15, -0.1) is 0 Å². The van der Waals surface area contributed by atoms with Crippen LogP contribution >= 0.6 is 0 Å². The summed E-state index contributed by atoms with van der Waals surface area (Å²) in [7, 11) is 3.22. The average Bonchev–Trinajstić information content (AvgIpc) is 3.31. The fourth-order valence-corrected chi connectivity index (χ4v) is 2.75. The van der Waals surface area contributed by atoms with Crippen molar-refractivity contribution >= 4 is 0 Å². The van der Waals surface area contributed by atoms with E-state index in [0.717, 1.165) is 17.9 Å². The first-order valence-electron chi connectivity index (χ1n) is 8.37. The van der Waals surface area contributed by atoms with Gasteiger partial charge >= 0.3 is 0 Å². The largest absolute Gasteiger partial charge is 0.493 e. The van der Waals surface area contributed by atoms with Gasteiger partial charge in [0.1, 0.15) is 25.0 Å². The van der Waals surface area contributed by atoms with Crippen LogP contribution in [0.4, 0.5) is 0 Å². The smallest absolute Gasteiger partial charge is 0.172 e. The molecular weight excluding hydrogens is 334 g/mol. The standard InChI is InChI=1S/C17H23N7O2/c1-4-24-17(21-16(22-24)9-23-11-19-10-20-23)8-13(18)12-5-6-14(25-2)15(7-12)26-3/h5-7,10-11,13H,4,8-9,18H2,1-3H3/t13-/m0/s1. The summed E-state index contributed by atoms with van der Waals surface area (Å²) < 4.78 is 14.2. The maximum absolute atomic E-state index is 6.41. The number of benzene rings is 1. The van der Waals surface area contributed by atoms with Crippen LogP contribution in [0, 0.1) is 0 Å². The lowest BCUT2D eigenvalue weighted by Crippen LogP contribution is -2.17. The minimum atomic E-state index is -0.233.